The minimum atomic E-state index is -0.398. The highest BCUT2D eigenvalue weighted by molar-refractivity contribution is 9.10. The predicted octanol–water partition coefficient (Wildman–Crippen LogP) is 3.33. The van der Waals surface area contributed by atoms with Crippen molar-refractivity contribution in [3.8, 4) is 0 Å². The van der Waals surface area contributed by atoms with Crippen molar-refractivity contribution in [2.45, 2.75) is 32.7 Å². The minimum Gasteiger partial charge on any atom is -0.511 e. The Morgan fingerprint density at radius 2 is 2.06 bits per heavy atom. The monoisotopic (exact) mass is 309 g/mol. The molecule has 0 radical (unpaired) electrons. The Balaban J connectivity index is 2.56. The normalized spacial score (nSPS) is 18.8. The van der Waals surface area contributed by atoms with Gasteiger partial charge in [0.2, 0.25) is 0 Å². The molecule has 0 saturated heterocycles. The third-order valence-electron chi connectivity index (χ3n) is 3.05. The zero-order valence-electron chi connectivity index (χ0n) is 10.7. The molecule has 4 heteroatoms. The number of hydrogen-bond donors (Lipinski definition) is 2. The van der Waals surface area contributed by atoms with E-state index in [1.54, 1.807) is 0 Å². The fraction of sp³-hybridized carbons (Fsp3) is 0.357. The molecule has 0 fully saturated rings. The summed E-state index contributed by atoms with van der Waals surface area (Å²) in [7, 11) is 0. The van der Waals surface area contributed by atoms with E-state index in [2.05, 4.69) is 21.2 Å². The Morgan fingerprint density at radius 1 is 1.39 bits per heavy atom. The second kappa shape index (κ2) is 4.43. The van der Waals surface area contributed by atoms with Crippen molar-refractivity contribution >= 4 is 27.4 Å². The maximum Gasteiger partial charge on any atom is 0.255 e. The molecule has 1 aromatic rings. The summed E-state index contributed by atoms with van der Waals surface area (Å²) in [5.74, 6) is -0.0603. The first-order chi connectivity index (χ1) is 8.30. The molecule has 0 atom stereocenters. The molecular weight excluding hydrogens is 294 g/mol. The summed E-state index contributed by atoms with van der Waals surface area (Å²) in [6.07, 6.45) is 0.444. The zero-order chi connectivity index (χ0) is 13.5. The van der Waals surface area contributed by atoms with Gasteiger partial charge >= 0.3 is 0 Å². The van der Waals surface area contributed by atoms with E-state index in [0.29, 0.717) is 12.0 Å². The van der Waals surface area contributed by atoms with E-state index in [9.17, 15) is 9.90 Å². The number of carbonyl (C=O) groups is 1. The largest absolute Gasteiger partial charge is 0.511 e. The number of aliphatic hydroxyl groups excluding tert-OH is 1. The van der Waals surface area contributed by atoms with Crippen LogP contribution in [-0.2, 0) is 4.79 Å². The van der Waals surface area contributed by atoms with Gasteiger partial charge in [-0.15, -0.1) is 0 Å². The van der Waals surface area contributed by atoms with Crippen LogP contribution < -0.4 is 5.32 Å². The lowest BCUT2D eigenvalue weighted by molar-refractivity contribution is -0.117. The van der Waals surface area contributed by atoms with E-state index in [1.165, 1.54) is 0 Å². The molecule has 1 aromatic carbocycles. The van der Waals surface area contributed by atoms with Crippen LogP contribution in [-0.4, -0.2) is 16.6 Å². The average molecular weight is 310 g/mol. The molecule has 0 saturated carbocycles. The van der Waals surface area contributed by atoms with E-state index >= 15 is 0 Å². The molecule has 1 amide bonds. The van der Waals surface area contributed by atoms with E-state index in [-0.39, 0.29) is 11.7 Å². The standard InChI is InChI=1S/C14H16BrNO2/c1-8-4-5-9(15)6-10(8)12-11(17)7-14(2,3)16-13(12)18/h4-6,17H,7H2,1-3H3,(H,16,18). The summed E-state index contributed by atoms with van der Waals surface area (Å²) in [4.78, 5) is 12.1. The van der Waals surface area contributed by atoms with Crippen LogP contribution in [0.2, 0.25) is 0 Å². The Bertz CT molecular complexity index is 547. The first kappa shape index (κ1) is 13.1. The second-order valence-electron chi connectivity index (χ2n) is 5.30. The molecule has 0 spiro atoms. The summed E-state index contributed by atoms with van der Waals surface area (Å²) in [6, 6.07) is 5.70. The quantitative estimate of drug-likeness (QED) is 0.836. The van der Waals surface area contributed by atoms with Crippen molar-refractivity contribution in [2.75, 3.05) is 0 Å². The number of amides is 1. The van der Waals surface area contributed by atoms with Gasteiger partial charge < -0.3 is 10.4 Å². The van der Waals surface area contributed by atoms with Crippen molar-refractivity contribution in [3.63, 3.8) is 0 Å². The molecule has 3 nitrogen and oxygen atoms in total. The number of benzene rings is 1. The lowest BCUT2D eigenvalue weighted by atomic mass is 9.88. The van der Waals surface area contributed by atoms with Crippen LogP contribution in [0.1, 0.15) is 31.4 Å². The predicted molar refractivity (Wildman–Crippen MR) is 75.3 cm³/mol. The van der Waals surface area contributed by atoms with Gasteiger partial charge in [-0.25, -0.2) is 0 Å². The summed E-state index contributed by atoms with van der Waals surface area (Å²) in [5.41, 5.74) is 1.72. The Morgan fingerprint density at radius 3 is 2.67 bits per heavy atom. The van der Waals surface area contributed by atoms with E-state index in [1.807, 2.05) is 39.0 Å². The lowest BCUT2D eigenvalue weighted by Gasteiger charge is -2.32. The number of nitrogens with one attached hydrogen (secondary N) is 1. The maximum atomic E-state index is 12.1. The first-order valence-electron chi connectivity index (χ1n) is 5.81. The van der Waals surface area contributed by atoms with Crippen molar-refractivity contribution in [1.82, 2.24) is 5.32 Å². The summed E-state index contributed by atoms with van der Waals surface area (Å²) in [5, 5.41) is 13.1. The molecule has 18 heavy (non-hydrogen) atoms. The van der Waals surface area contributed by atoms with Crippen molar-refractivity contribution in [3.05, 3.63) is 39.6 Å². The van der Waals surface area contributed by atoms with Gasteiger partial charge in [0.1, 0.15) is 5.76 Å². The summed E-state index contributed by atoms with van der Waals surface area (Å²) < 4.78 is 0.890. The number of aryl methyl sites for hydroxylation is 1. The first-order valence-corrected chi connectivity index (χ1v) is 6.60. The van der Waals surface area contributed by atoms with Crippen molar-refractivity contribution in [2.24, 2.45) is 0 Å². The summed E-state index contributed by atoms with van der Waals surface area (Å²) >= 11 is 3.39. The third kappa shape index (κ3) is 2.43. The average Bonchev–Trinajstić information content (AvgIpc) is 2.20. The Kier molecular flexibility index (Phi) is 3.23. The van der Waals surface area contributed by atoms with Crippen molar-refractivity contribution in [1.29, 1.82) is 0 Å². The maximum absolute atomic E-state index is 12.1. The number of halogens is 1. The topological polar surface area (TPSA) is 49.3 Å². The van der Waals surface area contributed by atoms with Crippen LogP contribution in [0.5, 0.6) is 0 Å². The van der Waals surface area contributed by atoms with Crippen LogP contribution in [0, 0.1) is 6.92 Å². The van der Waals surface area contributed by atoms with E-state index < -0.39 is 5.54 Å². The van der Waals surface area contributed by atoms with Gasteiger partial charge in [0.05, 0.1) is 5.57 Å². The number of rotatable bonds is 1. The van der Waals surface area contributed by atoms with Crippen LogP contribution in [0.4, 0.5) is 0 Å². The molecule has 0 aromatic heterocycles. The molecule has 1 aliphatic heterocycles. The zero-order valence-corrected chi connectivity index (χ0v) is 12.3. The molecule has 2 N–H and O–H groups in total. The number of carbonyl (C=O) groups excluding carboxylic acids is 1. The molecule has 0 bridgehead atoms. The fourth-order valence-corrected chi connectivity index (χ4v) is 2.55. The van der Waals surface area contributed by atoms with Crippen LogP contribution in [0.3, 0.4) is 0 Å². The van der Waals surface area contributed by atoms with E-state index in [4.69, 9.17) is 0 Å². The van der Waals surface area contributed by atoms with Gasteiger partial charge in [0.25, 0.3) is 5.91 Å². The lowest BCUT2D eigenvalue weighted by Crippen LogP contribution is -2.47. The third-order valence-corrected chi connectivity index (χ3v) is 3.54. The van der Waals surface area contributed by atoms with Gasteiger partial charge in [-0.1, -0.05) is 22.0 Å². The highest BCUT2D eigenvalue weighted by Crippen LogP contribution is 2.32. The molecule has 96 valence electrons. The molecule has 0 aliphatic carbocycles. The summed E-state index contributed by atoms with van der Waals surface area (Å²) in [6.45, 7) is 5.71. The molecular formula is C14H16BrNO2. The van der Waals surface area contributed by atoms with Gasteiger partial charge in [0, 0.05) is 16.4 Å². The van der Waals surface area contributed by atoms with Gasteiger partial charge in [-0.05, 0) is 44.0 Å². The molecule has 1 heterocycles. The molecule has 0 unspecified atom stereocenters. The smallest absolute Gasteiger partial charge is 0.255 e. The Labute approximate surface area is 115 Å². The van der Waals surface area contributed by atoms with Gasteiger partial charge in [-0.2, -0.15) is 0 Å². The van der Waals surface area contributed by atoms with Crippen LogP contribution in [0.25, 0.3) is 5.57 Å². The highest BCUT2D eigenvalue weighted by Gasteiger charge is 2.33. The minimum absolute atomic E-state index is 0.157. The Hall–Kier alpha value is -1.29. The van der Waals surface area contributed by atoms with E-state index in [0.717, 1.165) is 15.6 Å². The second-order valence-corrected chi connectivity index (χ2v) is 6.21. The van der Waals surface area contributed by atoms with Crippen LogP contribution in [0.15, 0.2) is 28.4 Å². The SMILES string of the molecule is Cc1ccc(Br)cc1C1=C(O)CC(C)(C)NC1=O. The van der Waals surface area contributed by atoms with Gasteiger partial charge in [-0.3, -0.25) is 4.79 Å². The number of aliphatic hydroxyl groups is 1. The highest BCUT2D eigenvalue weighted by atomic mass is 79.9. The fourth-order valence-electron chi connectivity index (χ4n) is 2.19. The van der Waals surface area contributed by atoms with Gasteiger partial charge in [0.15, 0.2) is 0 Å². The molecule has 1 aliphatic rings. The number of hydrogen-bond acceptors (Lipinski definition) is 2. The van der Waals surface area contributed by atoms with Crippen LogP contribution >= 0.6 is 15.9 Å². The molecule has 2 rings (SSSR count). The van der Waals surface area contributed by atoms with Crippen molar-refractivity contribution < 1.29 is 9.90 Å².